The minimum atomic E-state index is -0.127. The van der Waals surface area contributed by atoms with E-state index in [1.807, 2.05) is 35.1 Å². The van der Waals surface area contributed by atoms with E-state index in [9.17, 15) is 4.79 Å². The summed E-state index contributed by atoms with van der Waals surface area (Å²) in [6.07, 6.45) is 4.59. The third-order valence-corrected chi connectivity index (χ3v) is 5.80. The molecule has 1 saturated heterocycles. The van der Waals surface area contributed by atoms with Gasteiger partial charge in [-0.25, -0.2) is 4.79 Å². The van der Waals surface area contributed by atoms with Crippen LogP contribution in [-0.2, 0) is 17.7 Å². The molecule has 2 N–H and O–H groups in total. The third-order valence-electron chi connectivity index (χ3n) is 5.57. The summed E-state index contributed by atoms with van der Waals surface area (Å²) < 4.78 is 7.89. The minimum absolute atomic E-state index is 0.0119. The molecule has 7 heteroatoms. The van der Waals surface area contributed by atoms with E-state index < -0.39 is 0 Å². The van der Waals surface area contributed by atoms with Gasteiger partial charge in [-0.1, -0.05) is 17.7 Å². The number of amides is 2. The molecule has 2 aromatic rings. The lowest BCUT2D eigenvalue weighted by Gasteiger charge is -2.21. The molecule has 3 atom stereocenters. The fourth-order valence-corrected chi connectivity index (χ4v) is 4.38. The quantitative estimate of drug-likeness (QED) is 0.821. The Morgan fingerprint density at radius 3 is 3.11 bits per heavy atom. The topological polar surface area (TPSA) is 68.2 Å². The Hall–Kier alpha value is -2.05. The summed E-state index contributed by atoms with van der Waals surface area (Å²) in [7, 11) is 0. The second-order valence-electron chi connectivity index (χ2n) is 7.20. The van der Waals surface area contributed by atoms with Crippen molar-refractivity contribution in [1.29, 1.82) is 0 Å². The van der Waals surface area contributed by atoms with E-state index in [0.29, 0.717) is 13.2 Å². The SMILES string of the molecule is CCn1nccc1[C@@H]1OCC[C@H]1CNC(=O)N[C@@H]1CCc2cc(Cl)ccc21. The molecule has 0 radical (unpaired) electrons. The molecule has 144 valence electrons. The van der Waals surface area contributed by atoms with Crippen LogP contribution in [-0.4, -0.2) is 29.0 Å². The van der Waals surface area contributed by atoms with Crippen molar-refractivity contribution in [3.63, 3.8) is 0 Å². The number of nitrogens with zero attached hydrogens (tertiary/aromatic N) is 2. The smallest absolute Gasteiger partial charge is 0.315 e. The number of fused-ring (bicyclic) bond motifs is 1. The van der Waals surface area contributed by atoms with Gasteiger partial charge in [-0.05, 0) is 55.5 Å². The zero-order valence-corrected chi connectivity index (χ0v) is 16.2. The molecule has 4 rings (SSSR count). The van der Waals surface area contributed by atoms with Crippen LogP contribution in [0.2, 0.25) is 5.02 Å². The Morgan fingerprint density at radius 1 is 1.37 bits per heavy atom. The molecule has 2 heterocycles. The van der Waals surface area contributed by atoms with Crippen LogP contribution in [0.5, 0.6) is 0 Å². The van der Waals surface area contributed by atoms with Crippen molar-refractivity contribution in [2.24, 2.45) is 5.92 Å². The van der Waals surface area contributed by atoms with Gasteiger partial charge in [-0.2, -0.15) is 5.10 Å². The molecule has 0 unspecified atom stereocenters. The lowest BCUT2D eigenvalue weighted by Crippen LogP contribution is -2.40. The molecule has 2 amide bonds. The number of nitrogens with one attached hydrogen (secondary N) is 2. The highest BCUT2D eigenvalue weighted by Gasteiger charge is 2.32. The first kappa shape index (κ1) is 18.3. The Kier molecular flexibility index (Phi) is 5.36. The number of carbonyl (C=O) groups excluding carboxylic acids is 1. The number of aryl methyl sites for hydroxylation is 2. The Morgan fingerprint density at radius 2 is 2.26 bits per heavy atom. The number of hydrogen-bond acceptors (Lipinski definition) is 3. The van der Waals surface area contributed by atoms with Crippen LogP contribution in [0, 0.1) is 5.92 Å². The van der Waals surface area contributed by atoms with E-state index in [4.69, 9.17) is 16.3 Å². The maximum atomic E-state index is 12.4. The fourth-order valence-electron chi connectivity index (χ4n) is 4.19. The van der Waals surface area contributed by atoms with E-state index in [2.05, 4.69) is 22.7 Å². The van der Waals surface area contributed by atoms with Gasteiger partial charge in [0.15, 0.2) is 0 Å². The van der Waals surface area contributed by atoms with Crippen LogP contribution in [0.3, 0.4) is 0 Å². The number of aromatic nitrogens is 2. The van der Waals surface area contributed by atoms with Crippen molar-refractivity contribution in [1.82, 2.24) is 20.4 Å². The minimum Gasteiger partial charge on any atom is -0.372 e. The Labute approximate surface area is 164 Å². The first-order valence-corrected chi connectivity index (χ1v) is 9.99. The van der Waals surface area contributed by atoms with Gasteiger partial charge in [0.2, 0.25) is 0 Å². The number of benzene rings is 1. The normalized spacial score (nSPS) is 24.0. The highest BCUT2D eigenvalue weighted by molar-refractivity contribution is 6.30. The van der Waals surface area contributed by atoms with Gasteiger partial charge in [0.25, 0.3) is 0 Å². The van der Waals surface area contributed by atoms with E-state index in [-0.39, 0.29) is 24.1 Å². The maximum Gasteiger partial charge on any atom is 0.315 e. The summed E-state index contributed by atoms with van der Waals surface area (Å²) >= 11 is 6.06. The molecule has 6 nitrogen and oxygen atoms in total. The van der Waals surface area contributed by atoms with E-state index in [1.54, 1.807) is 0 Å². The van der Waals surface area contributed by atoms with Gasteiger partial charge in [0.05, 0.1) is 11.7 Å². The zero-order chi connectivity index (χ0) is 18.8. The number of carbonyl (C=O) groups is 1. The zero-order valence-electron chi connectivity index (χ0n) is 15.5. The molecule has 1 aromatic carbocycles. The summed E-state index contributed by atoms with van der Waals surface area (Å²) in [5, 5.41) is 11.2. The molecule has 0 saturated carbocycles. The van der Waals surface area contributed by atoms with Gasteiger partial charge in [-0.3, -0.25) is 4.68 Å². The lowest BCUT2D eigenvalue weighted by atomic mass is 9.99. The van der Waals surface area contributed by atoms with Gasteiger partial charge in [-0.15, -0.1) is 0 Å². The van der Waals surface area contributed by atoms with Crippen LogP contribution < -0.4 is 10.6 Å². The first-order chi connectivity index (χ1) is 13.2. The summed E-state index contributed by atoms with van der Waals surface area (Å²) in [6.45, 7) is 4.18. The average Bonchev–Trinajstić information content (AvgIpc) is 3.38. The number of ether oxygens (including phenoxy) is 1. The summed E-state index contributed by atoms with van der Waals surface area (Å²) in [5.41, 5.74) is 3.48. The Bertz CT molecular complexity index is 822. The monoisotopic (exact) mass is 388 g/mol. The molecular formula is C20H25ClN4O2. The molecule has 0 bridgehead atoms. The van der Waals surface area contributed by atoms with Crippen molar-refractivity contribution in [2.45, 2.75) is 44.9 Å². The van der Waals surface area contributed by atoms with Crippen LogP contribution in [0.15, 0.2) is 30.5 Å². The number of halogens is 1. The maximum absolute atomic E-state index is 12.4. The van der Waals surface area contributed by atoms with Crippen LogP contribution in [0.4, 0.5) is 4.79 Å². The van der Waals surface area contributed by atoms with E-state index in [1.165, 1.54) is 11.1 Å². The average molecular weight is 389 g/mol. The second kappa shape index (κ2) is 7.90. The molecule has 1 aromatic heterocycles. The van der Waals surface area contributed by atoms with Gasteiger partial charge in [0.1, 0.15) is 6.10 Å². The Balaban J connectivity index is 1.33. The van der Waals surface area contributed by atoms with Crippen molar-refractivity contribution in [3.8, 4) is 0 Å². The summed E-state index contributed by atoms with van der Waals surface area (Å²) in [5.74, 6) is 0.257. The third kappa shape index (κ3) is 3.82. The van der Waals surface area contributed by atoms with Gasteiger partial charge >= 0.3 is 6.03 Å². The fraction of sp³-hybridized carbons (Fsp3) is 0.500. The lowest BCUT2D eigenvalue weighted by molar-refractivity contribution is 0.0835. The van der Waals surface area contributed by atoms with Gasteiger partial charge < -0.3 is 15.4 Å². The molecular weight excluding hydrogens is 364 g/mol. The highest BCUT2D eigenvalue weighted by atomic mass is 35.5. The molecule has 1 aliphatic heterocycles. The van der Waals surface area contributed by atoms with Crippen molar-refractivity contribution < 1.29 is 9.53 Å². The van der Waals surface area contributed by atoms with Gasteiger partial charge in [0, 0.05) is 36.8 Å². The summed E-state index contributed by atoms with van der Waals surface area (Å²) in [4.78, 5) is 12.4. The first-order valence-electron chi connectivity index (χ1n) is 9.61. The molecule has 0 spiro atoms. The summed E-state index contributed by atoms with van der Waals surface area (Å²) in [6, 6.07) is 7.82. The number of hydrogen-bond donors (Lipinski definition) is 2. The number of rotatable bonds is 5. The van der Waals surface area contributed by atoms with Crippen LogP contribution in [0.1, 0.15) is 48.7 Å². The van der Waals surface area contributed by atoms with E-state index in [0.717, 1.165) is 36.5 Å². The predicted octanol–water partition coefficient (Wildman–Crippen LogP) is 3.62. The standard InChI is InChI=1S/C20H25ClN4O2/c1-2-25-18(7-9-23-25)19-14(8-10-27-19)12-22-20(26)24-17-6-3-13-11-15(21)4-5-16(13)17/h4-5,7,9,11,14,17,19H,2-3,6,8,10,12H2,1H3,(H2,22,24,26)/t14-,17+,19+/m0/s1. The van der Waals surface area contributed by atoms with Crippen molar-refractivity contribution in [2.75, 3.05) is 13.2 Å². The van der Waals surface area contributed by atoms with Crippen molar-refractivity contribution >= 4 is 17.6 Å². The van der Waals surface area contributed by atoms with E-state index >= 15 is 0 Å². The highest BCUT2D eigenvalue weighted by Crippen LogP contribution is 2.34. The number of urea groups is 1. The predicted molar refractivity (Wildman–Crippen MR) is 104 cm³/mol. The molecule has 1 aliphatic carbocycles. The van der Waals surface area contributed by atoms with Crippen LogP contribution >= 0.6 is 11.6 Å². The largest absolute Gasteiger partial charge is 0.372 e. The molecule has 2 aliphatic rings. The second-order valence-corrected chi connectivity index (χ2v) is 7.64. The van der Waals surface area contributed by atoms with Crippen molar-refractivity contribution in [3.05, 3.63) is 52.3 Å². The van der Waals surface area contributed by atoms with Crippen LogP contribution in [0.25, 0.3) is 0 Å². The molecule has 27 heavy (non-hydrogen) atoms. The molecule has 1 fully saturated rings.